The summed E-state index contributed by atoms with van der Waals surface area (Å²) >= 11 is 0. The van der Waals surface area contributed by atoms with E-state index in [1.807, 2.05) is 6.92 Å². The van der Waals surface area contributed by atoms with Gasteiger partial charge < -0.3 is 14.2 Å². The number of esters is 1. The maximum Gasteiger partial charge on any atom is 0.340 e. The smallest absolute Gasteiger partial charge is 0.340 e. The molecule has 1 aromatic rings. The number of ether oxygens (including phenoxy) is 3. The predicted molar refractivity (Wildman–Crippen MR) is 66.7 cm³/mol. The van der Waals surface area contributed by atoms with Crippen LogP contribution in [0.5, 0.6) is 0 Å². The van der Waals surface area contributed by atoms with Crippen LogP contribution in [0.2, 0.25) is 0 Å². The number of carbonyl (C=O) groups is 1. The van der Waals surface area contributed by atoms with Gasteiger partial charge in [-0.2, -0.15) is 8.42 Å². The fourth-order valence-electron chi connectivity index (χ4n) is 2.57. The second-order valence-electron chi connectivity index (χ2n) is 5.26. The second kappa shape index (κ2) is 4.26. The van der Waals surface area contributed by atoms with Crippen molar-refractivity contribution in [2.24, 2.45) is 0 Å². The van der Waals surface area contributed by atoms with Crippen molar-refractivity contribution in [1.82, 2.24) is 0 Å². The first-order chi connectivity index (χ1) is 9.95. The molecule has 5 atom stereocenters. The van der Waals surface area contributed by atoms with E-state index in [0.717, 1.165) is 5.56 Å². The number of carbonyl (C=O) groups excluding carboxylic acids is 1. The molecule has 3 aliphatic heterocycles. The Kier molecular flexibility index (Phi) is 2.68. The average molecular weight is 312 g/mol. The molecule has 0 aliphatic carbocycles. The highest BCUT2D eigenvalue weighted by molar-refractivity contribution is 7.86. The van der Waals surface area contributed by atoms with Crippen molar-refractivity contribution in [3.63, 3.8) is 0 Å². The predicted octanol–water partition coefficient (Wildman–Crippen LogP) is 0.118. The molecule has 0 bridgehead atoms. The van der Waals surface area contributed by atoms with E-state index in [1.165, 1.54) is 12.1 Å². The Morgan fingerprint density at radius 3 is 2.43 bits per heavy atom. The van der Waals surface area contributed by atoms with Crippen LogP contribution in [-0.4, -0.2) is 45.1 Å². The summed E-state index contributed by atoms with van der Waals surface area (Å²) in [6.45, 7) is 1.84. The zero-order valence-electron chi connectivity index (χ0n) is 11.0. The molecule has 112 valence electrons. The van der Waals surface area contributed by atoms with Crippen molar-refractivity contribution < 1.29 is 31.6 Å². The van der Waals surface area contributed by atoms with Gasteiger partial charge in [0.05, 0.1) is 4.90 Å². The van der Waals surface area contributed by atoms with E-state index in [1.54, 1.807) is 12.1 Å². The van der Waals surface area contributed by atoms with Gasteiger partial charge in [-0.1, -0.05) is 17.7 Å². The van der Waals surface area contributed by atoms with Gasteiger partial charge in [0.2, 0.25) is 6.10 Å². The molecular formula is C13H12O7S. The van der Waals surface area contributed by atoms with Crippen LogP contribution in [0, 0.1) is 6.92 Å². The lowest BCUT2D eigenvalue weighted by Crippen LogP contribution is -2.36. The van der Waals surface area contributed by atoms with Crippen molar-refractivity contribution in [3.05, 3.63) is 29.8 Å². The molecule has 0 spiro atoms. The molecule has 0 saturated carbocycles. The standard InChI is InChI=1S/C13H12O7S/c1-6-2-4-7(5-3-6)21(15,16)20-10-8-9(17-12(10)14)11-13(18-8)19-11/h2-5,8-11,13H,1H3/t8-,9-,10-,11-,13-/m0/s1. The highest BCUT2D eigenvalue weighted by Crippen LogP contribution is 2.44. The zero-order chi connectivity index (χ0) is 14.8. The highest BCUT2D eigenvalue weighted by Gasteiger charge is 2.67. The molecular weight excluding hydrogens is 300 g/mol. The quantitative estimate of drug-likeness (QED) is 0.444. The fraction of sp³-hybridized carbons (Fsp3) is 0.462. The lowest BCUT2D eigenvalue weighted by molar-refractivity contribution is -0.146. The maximum atomic E-state index is 12.2. The summed E-state index contributed by atoms with van der Waals surface area (Å²) in [5, 5.41) is 0. The number of hydrogen-bond acceptors (Lipinski definition) is 7. The molecule has 0 amide bonds. The van der Waals surface area contributed by atoms with E-state index in [-0.39, 0.29) is 11.0 Å². The molecule has 8 heteroatoms. The minimum absolute atomic E-state index is 0.0104. The summed E-state index contributed by atoms with van der Waals surface area (Å²) in [6.07, 6.45) is -3.31. The minimum atomic E-state index is -4.06. The molecule has 21 heavy (non-hydrogen) atoms. The second-order valence-corrected chi connectivity index (χ2v) is 6.83. The van der Waals surface area contributed by atoms with Crippen molar-refractivity contribution in [2.45, 2.75) is 42.5 Å². The summed E-state index contributed by atoms with van der Waals surface area (Å²) in [6, 6.07) is 6.17. The third-order valence-electron chi connectivity index (χ3n) is 3.74. The number of hydrogen-bond donors (Lipinski definition) is 0. The van der Waals surface area contributed by atoms with Gasteiger partial charge in [0.15, 0.2) is 18.5 Å². The first-order valence-electron chi connectivity index (χ1n) is 6.47. The summed E-state index contributed by atoms with van der Waals surface area (Å²) < 4.78 is 45.0. The minimum Gasteiger partial charge on any atom is -0.454 e. The van der Waals surface area contributed by atoms with Crippen LogP contribution in [0.25, 0.3) is 0 Å². The normalized spacial score (nSPS) is 37.0. The van der Waals surface area contributed by atoms with Crippen LogP contribution >= 0.6 is 0 Å². The molecule has 0 unspecified atom stereocenters. The molecule has 0 N–H and O–H groups in total. The SMILES string of the molecule is Cc1ccc(S(=O)(=O)O[C@@H]2C(=O)O[C@@H]3[C@@H]4O[C@@H]4O[C@@H]32)cc1. The molecule has 7 nitrogen and oxygen atoms in total. The van der Waals surface area contributed by atoms with Crippen LogP contribution in [0.3, 0.4) is 0 Å². The summed E-state index contributed by atoms with van der Waals surface area (Å²) in [4.78, 5) is 11.8. The largest absolute Gasteiger partial charge is 0.454 e. The van der Waals surface area contributed by atoms with Crippen molar-refractivity contribution >= 4 is 16.1 Å². The first-order valence-corrected chi connectivity index (χ1v) is 7.88. The van der Waals surface area contributed by atoms with E-state index in [4.69, 9.17) is 18.4 Å². The van der Waals surface area contributed by atoms with E-state index >= 15 is 0 Å². The third-order valence-corrected chi connectivity index (χ3v) is 5.05. The molecule has 3 aliphatic rings. The molecule has 0 radical (unpaired) electrons. The number of epoxide rings is 1. The lowest BCUT2D eigenvalue weighted by atomic mass is 10.1. The van der Waals surface area contributed by atoms with Crippen LogP contribution in [0.4, 0.5) is 0 Å². The van der Waals surface area contributed by atoms with Crippen molar-refractivity contribution in [3.8, 4) is 0 Å². The number of benzene rings is 1. The Bertz CT molecular complexity index is 696. The number of rotatable bonds is 3. The van der Waals surface area contributed by atoms with E-state index in [2.05, 4.69) is 0 Å². The van der Waals surface area contributed by atoms with Gasteiger partial charge in [-0.15, -0.1) is 0 Å². The molecule has 4 rings (SSSR count). The van der Waals surface area contributed by atoms with Gasteiger partial charge in [0.25, 0.3) is 10.1 Å². The number of aryl methyl sites for hydroxylation is 1. The molecule has 1 aromatic carbocycles. The molecule has 0 aromatic heterocycles. The molecule has 3 saturated heterocycles. The van der Waals surface area contributed by atoms with Crippen molar-refractivity contribution in [2.75, 3.05) is 0 Å². The lowest BCUT2D eigenvalue weighted by Gasteiger charge is -2.15. The van der Waals surface area contributed by atoms with Crippen LogP contribution in [0.1, 0.15) is 5.56 Å². The summed E-state index contributed by atoms with van der Waals surface area (Å²) in [5.74, 6) is -0.741. The van der Waals surface area contributed by atoms with E-state index < -0.39 is 40.7 Å². The average Bonchev–Trinajstić information content (AvgIpc) is 3.03. The Morgan fingerprint density at radius 1 is 1.05 bits per heavy atom. The Labute approximate surface area is 120 Å². The van der Waals surface area contributed by atoms with Crippen LogP contribution < -0.4 is 0 Å². The van der Waals surface area contributed by atoms with E-state index in [9.17, 15) is 13.2 Å². The zero-order valence-corrected chi connectivity index (χ0v) is 11.8. The monoisotopic (exact) mass is 312 g/mol. The van der Waals surface area contributed by atoms with Crippen molar-refractivity contribution in [1.29, 1.82) is 0 Å². The maximum absolute atomic E-state index is 12.2. The Balaban J connectivity index is 1.57. The first kappa shape index (κ1) is 13.2. The molecule has 3 fully saturated rings. The van der Waals surface area contributed by atoms with Gasteiger partial charge in [-0.25, -0.2) is 8.98 Å². The topological polar surface area (TPSA) is 91.4 Å². The van der Waals surface area contributed by atoms with Crippen LogP contribution in [-0.2, 0) is 33.3 Å². The summed E-state index contributed by atoms with van der Waals surface area (Å²) in [5.41, 5.74) is 0.922. The highest BCUT2D eigenvalue weighted by atomic mass is 32.2. The Morgan fingerprint density at radius 2 is 1.71 bits per heavy atom. The molecule has 3 heterocycles. The third kappa shape index (κ3) is 2.06. The van der Waals surface area contributed by atoms with Gasteiger partial charge in [-0.05, 0) is 19.1 Å². The van der Waals surface area contributed by atoms with E-state index in [0.29, 0.717) is 0 Å². The van der Waals surface area contributed by atoms with Crippen LogP contribution in [0.15, 0.2) is 29.2 Å². The van der Waals surface area contributed by atoms with Gasteiger partial charge in [0.1, 0.15) is 6.10 Å². The number of fused-ring (bicyclic) bond motifs is 3. The Hall–Kier alpha value is -1.48. The van der Waals surface area contributed by atoms with Gasteiger partial charge in [-0.3, -0.25) is 0 Å². The van der Waals surface area contributed by atoms with Gasteiger partial charge in [0, 0.05) is 0 Å². The fourth-order valence-corrected chi connectivity index (χ4v) is 3.62. The summed E-state index contributed by atoms with van der Waals surface area (Å²) in [7, 11) is -4.06. The van der Waals surface area contributed by atoms with Gasteiger partial charge >= 0.3 is 5.97 Å².